The number of nitrogens with zero attached hydrogens (tertiary/aromatic N) is 3. The lowest BCUT2D eigenvalue weighted by atomic mass is 10.5. The maximum absolute atomic E-state index is 10.3. The lowest BCUT2D eigenvalue weighted by molar-refractivity contribution is 0.0994. The van der Waals surface area contributed by atoms with Crippen LogP contribution in [0.25, 0.3) is 0 Å². The SMILES string of the molecule is Cl.NC(=O)c1cncnn1. The number of amides is 1. The van der Waals surface area contributed by atoms with Crippen molar-refractivity contribution in [2.75, 3.05) is 0 Å². The van der Waals surface area contributed by atoms with E-state index in [0.29, 0.717) is 0 Å². The molecule has 1 aromatic rings. The highest BCUT2D eigenvalue weighted by Gasteiger charge is 1.98. The Morgan fingerprint density at radius 1 is 1.60 bits per heavy atom. The highest BCUT2D eigenvalue weighted by atomic mass is 35.5. The summed E-state index contributed by atoms with van der Waals surface area (Å²) in [6, 6.07) is 0. The molecule has 0 bridgehead atoms. The molecule has 0 atom stereocenters. The Labute approximate surface area is 63.1 Å². The lowest BCUT2D eigenvalue weighted by Gasteiger charge is -1.86. The van der Waals surface area contributed by atoms with Gasteiger partial charge in [-0.2, -0.15) is 0 Å². The van der Waals surface area contributed by atoms with Crippen molar-refractivity contribution in [3.05, 3.63) is 18.2 Å². The topological polar surface area (TPSA) is 81.8 Å². The quantitative estimate of drug-likeness (QED) is 0.594. The molecule has 0 aliphatic rings. The first-order valence-corrected chi connectivity index (χ1v) is 2.23. The van der Waals surface area contributed by atoms with Gasteiger partial charge in [-0.1, -0.05) is 0 Å². The van der Waals surface area contributed by atoms with Gasteiger partial charge in [0, 0.05) is 0 Å². The summed E-state index contributed by atoms with van der Waals surface area (Å²) in [5.74, 6) is -0.615. The van der Waals surface area contributed by atoms with Crippen LogP contribution in [0.4, 0.5) is 0 Å². The second-order valence-electron chi connectivity index (χ2n) is 1.36. The summed E-state index contributed by atoms with van der Waals surface area (Å²) in [6.45, 7) is 0. The minimum Gasteiger partial charge on any atom is -0.364 e. The first-order chi connectivity index (χ1) is 4.30. The number of primary amides is 1. The normalized spacial score (nSPS) is 8.00. The van der Waals surface area contributed by atoms with Crippen molar-refractivity contribution in [3.8, 4) is 0 Å². The number of rotatable bonds is 1. The summed E-state index contributed by atoms with van der Waals surface area (Å²) in [5.41, 5.74) is 4.91. The zero-order valence-corrected chi connectivity index (χ0v) is 5.71. The molecule has 0 saturated carbocycles. The van der Waals surface area contributed by atoms with Gasteiger partial charge in [0.1, 0.15) is 6.33 Å². The first kappa shape index (κ1) is 8.77. The summed E-state index contributed by atoms with van der Waals surface area (Å²) in [4.78, 5) is 13.8. The van der Waals surface area contributed by atoms with Crippen LogP contribution < -0.4 is 5.73 Å². The highest BCUT2D eigenvalue weighted by Crippen LogP contribution is 1.82. The van der Waals surface area contributed by atoms with Crippen LogP contribution in [0.2, 0.25) is 0 Å². The Kier molecular flexibility index (Phi) is 3.27. The number of hydrogen-bond acceptors (Lipinski definition) is 4. The predicted molar refractivity (Wildman–Crippen MR) is 35.6 cm³/mol. The molecule has 0 spiro atoms. The molecular formula is C4H5ClN4O. The van der Waals surface area contributed by atoms with Crippen LogP contribution in [0.3, 0.4) is 0 Å². The van der Waals surface area contributed by atoms with Gasteiger partial charge in [0.25, 0.3) is 5.91 Å². The Morgan fingerprint density at radius 2 is 2.30 bits per heavy atom. The second kappa shape index (κ2) is 3.73. The standard InChI is InChI=1S/C4H4N4O.ClH/c5-4(9)3-1-6-2-7-8-3;/h1-2H,(H2,5,9);1H. The van der Waals surface area contributed by atoms with E-state index in [-0.39, 0.29) is 18.1 Å². The van der Waals surface area contributed by atoms with Gasteiger partial charge in [-0.05, 0) is 0 Å². The van der Waals surface area contributed by atoms with Crippen molar-refractivity contribution in [1.82, 2.24) is 15.2 Å². The molecule has 0 unspecified atom stereocenters. The van der Waals surface area contributed by atoms with Crippen LogP contribution in [-0.2, 0) is 0 Å². The molecule has 1 rings (SSSR count). The van der Waals surface area contributed by atoms with Gasteiger partial charge < -0.3 is 5.73 Å². The van der Waals surface area contributed by atoms with Crippen LogP contribution in [0.5, 0.6) is 0 Å². The molecule has 1 amide bonds. The number of nitrogens with two attached hydrogens (primary N) is 1. The molecule has 0 radical (unpaired) electrons. The monoisotopic (exact) mass is 160 g/mol. The number of aromatic nitrogens is 3. The molecule has 5 nitrogen and oxygen atoms in total. The van der Waals surface area contributed by atoms with Crippen molar-refractivity contribution >= 4 is 18.3 Å². The average Bonchev–Trinajstić information content (AvgIpc) is 1.90. The zero-order valence-electron chi connectivity index (χ0n) is 4.89. The minimum atomic E-state index is -0.615. The van der Waals surface area contributed by atoms with Gasteiger partial charge in [0.2, 0.25) is 0 Å². The molecule has 2 N–H and O–H groups in total. The summed E-state index contributed by atoms with van der Waals surface area (Å²) in [7, 11) is 0. The van der Waals surface area contributed by atoms with Crippen molar-refractivity contribution in [3.63, 3.8) is 0 Å². The van der Waals surface area contributed by atoms with E-state index in [1.807, 2.05) is 0 Å². The predicted octanol–water partition coefficient (Wildman–Crippen LogP) is -0.608. The first-order valence-electron chi connectivity index (χ1n) is 2.23. The molecule has 0 saturated heterocycles. The van der Waals surface area contributed by atoms with E-state index in [2.05, 4.69) is 15.2 Å². The van der Waals surface area contributed by atoms with Gasteiger partial charge in [-0.3, -0.25) is 4.79 Å². The molecule has 0 aromatic carbocycles. The van der Waals surface area contributed by atoms with Gasteiger partial charge in [-0.15, -0.1) is 22.6 Å². The fourth-order valence-electron chi connectivity index (χ4n) is 0.360. The van der Waals surface area contributed by atoms with Crippen LogP contribution in [0.1, 0.15) is 10.5 Å². The molecule has 1 heterocycles. The van der Waals surface area contributed by atoms with Crippen molar-refractivity contribution in [2.45, 2.75) is 0 Å². The largest absolute Gasteiger partial charge is 0.364 e. The molecule has 0 fully saturated rings. The summed E-state index contributed by atoms with van der Waals surface area (Å²) in [5, 5.41) is 6.74. The Bertz CT molecular complexity index is 214. The lowest BCUT2D eigenvalue weighted by Crippen LogP contribution is -2.13. The van der Waals surface area contributed by atoms with E-state index in [4.69, 9.17) is 5.73 Å². The molecule has 6 heteroatoms. The van der Waals surface area contributed by atoms with Gasteiger partial charge in [0.15, 0.2) is 5.69 Å². The minimum absolute atomic E-state index is 0. The number of halogens is 1. The second-order valence-corrected chi connectivity index (χ2v) is 1.36. The molecule has 1 aromatic heterocycles. The van der Waals surface area contributed by atoms with Crippen molar-refractivity contribution in [1.29, 1.82) is 0 Å². The van der Waals surface area contributed by atoms with E-state index in [1.165, 1.54) is 12.5 Å². The Balaban J connectivity index is 0.000000810. The van der Waals surface area contributed by atoms with Crippen LogP contribution in [-0.4, -0.2) is 21.1 Å². The number of carbonyl (C=O) groups is 1. The van der Waals surface area contributed by atoms with Gasteiger partial charge in [0.05, 0.1) is 6.20 Å². The number of hydrogen-bond donors (Lipinski definition) is 1. The zero-order chi connectivity index (χ0) is 6.69. The average molecular weight is 161 g/mol. The maximum atomic E-state index is 10.3. The third-order valence-electron chi connectivity index (χ3n) is 0.733. The third kappa shape index (κ3) is 1.94. The molecular weight excluding hydrogens is 156 g/mol. The van der Waals surface area contributed by atoms with Crippen LogP contribution in [0.15, 0.2) is 12.5 Å². The fourth-order valence-corrected chi connectivity index (χ4v) is 0.360. The van der Waals surface area contributed by atoms with Crippen LogP contribution >= 0.6 is 12.4 Å². The van der Waals surface area contributed by atoms with Gasteiger partial charge in [-0.25, -0.2) is 4.98 Å². The summed E-state index contributed by atoms with van der Waals surface area (Å²) in [6.07, 6.45) is 2.49. The number of carbonyl (C=O) groups excluding carboxylic acids is 1. The molecule has 0 aliphatic carbocycles. The Morgan fingerprint density at radius 3 is 2.60 bits per heavy atom. The summed E-state index contributed by atoms with van der Waals surface area (Å²) >= 11 is 0. The highest BCUT2D eigenvalue weighted by molar-refractivity contribution is 5.90. The maximum Gasteiger partial charge on any atom is 0.270 e. The van der Waals surface area contributed by atoms with E-state index >= 15 is 0 Å². The molecule has 0 aliphatic heterocycles. The van der Waals surface area contributed by atoms with E-state index in [0.717, 1.165) is 0 Å². The van der Waals surface area contributed by atoms with Gasteiger partial charge >= 0.3 is 0 Å². The van der Waals surface area contributed by atoms with Crippen LogP contribution in [0, 0.1) is 0 Å². The van der Waals surface area contributed by atoms with Crippen molar-refractivity contribution in [2.24, 2.45) is 5.73 Å². The fraction of sp³-hybridized carbons (Fsp3) is 0. The molecule has 54 valence electrons. The Hall–Kier alpha value is -1.23. The third-order valence-corrected chi connectivity index (χ3v) is 0.733. The van der Waals surface area contributed by atoms with Crippen molar-refractivity contribution < 1.29 is 4.79 Å². The van der Waals surface area contributed by atoms with E-state index in [9.17, 15) is 4.79 Å². The van der Waals surface area contributed by atoms with E-state index < -0.39 is 5.91 Å². The smallest absolute Gasteiger partial charge is 0.270 e. The molecule has 10 heavy (non-hydrogen) atoms. The van der Waals surface area contributed by atoms with E-state index in [1.54, 1.807) is 0 Å². The summed E-state index contributed by atoms with van der Waals surface area (Å²) < 4.78 is 0.